The van der Waals surface area contributed by atoms with E-state index >= 15 is 0 Å². The molecule has 2 N–H and O–H groups in total. The summed E-state index contributed by atoms with van der Waals surface area (Å²) in [7, 11) is 1.43. The smallest absolute Gasteiger partial charge is 0.345 e. The number of amides is 1. The van der Waals surface area contributed by atoms with Crippen molar-refractivity contribution in [3.05, 3.63) is 45.6 Å². The van der Waals surface area contributed by atoms with Crippen LogP contribution in [0.15, 0.2) is 30.3 Å². The minimum absolute atomic E-state index is 0.0898. The normalized spacial score (nSPS) is 9.71. The van der Waals surface area contributed by atoms with Gasteiger partial charge in [-0.3, -0.25) is 4.79 Å². The maximum absolute atomic E-state index is 12.1. The number of hydrogen-bond donors (Lipinski definition) is 2. The molecule has 106 valence electrons. The number of benzene rings is 1. The molecule has 2 rings (SSSR count). The fourth-order valence-electron chi connectivity index (χ4n) is 1.62. The number of carboxylic acids is 1. The van der Waals surface area contributed by atoms with E-state index in [1.165, 1.54) is 25.3 Å². The van der Waals surface area contributed by atoms with Crippen molar-refractivity contribution in [2.45, 2.75) is 0 Å². The van der Waals surface area contributed by atoms with Crippen LogP contribution in [0.4, 0.5) is 5.69 Å². The first kappa shape index (κ1) is 14.6. The highest BCUT2D eigenvalue weighted by Gasteiger charge is 2.15. The summed E-state index contributed by atoms with van der Waals surface area (Å²) in [4.78, 5) is 23.2. The van der Waals surface area contributed by atoms with E-state index in [4.69, 9.17) is 15.1 Å². The first-order chi connectivity index (χ1) is 10.0. The molecule has 0 aliphatic rings. The lowest BCUT2D eigenvalue weighted by atomic mass is 10.2. The highest BCUT2D eigenvalue weighted by molar-refractivity contribution is 7.15. The zero-order valence-corrected chi connectivity index (χ0v) is 11.7. The minimum Gasteiger partial charge on any atom is -0.495 e. The van der Waals surface area contributed by atoms with Crippen LogP contribution in [0, 0.1) is 11.3 Å². The molecule has 0 radical (unpaired) electrons. The van der Waals surface area contributed by atoms with E-state index in [0.29, 0.717) is 17.0 Å². The first-order valence-corrected chi connectivity index (χ1v) is 6.59. The molecule has 0 spiro atoms. The number of aromatic carboxylic acids is 1. The van der Waals surface area contributed by atoms with Crippen molar-refractivity contribution in [3.8, 4) is 11.8 Å². The second-order valence-corrected chi connectivity index (χ2v) is 5.03. The van der Waals surface area contributed by atoms with Gasteiger partial charge in [0, 0.05) is 6.07 Å². The number of nitrogens with one attached hydrogen (secondary N) is 1. The minimum atomic E-state index is -1.07. The number of rotatable bonds is 4. The summed E-state index contributed by atoms with van der Waals surface area (Å²) in [6.07, 6.45) is 0. The summed E-state index contributed by atoms with van der Waals surface area (Å²) in [5.41, 5.74) is 0.820. The van der Waals surface area contributed by atoms with Gasteiger partial charge >= 0.3 is 5.97 Å². The lowest BCUT2D eigenvalue weighted by Crippen LogP contribution is -2.11. The largest absolute Gasteiger partial charge is 0.495 e. The monoisotopic (exact) mass is 302 g/mol. The number of ether oxygens (including phenoxy) is 1. The molecule has 0 atom stereocenters. The Kier molecular flexibility index (Phi) is 4.21. The Balaban J connectivity index is 2.23. The molecule has 1 aromatic heterocycles. The molecule has 7 heteroatoms. The molecule has 0 fully saturated rings. The van der Waals surface area contributed by atoms with Crippen LogP contribution in [-0.4, -0.2) is 24.1 Å². The lowest BCUT2D eigenvalue weighted by Gasteiger charge is -2.09. The fraction of sp³-hybridized carbons (Fsp3) is 0.0714. The molecular formula is C14H10N2O4S. The van der Waals surface area contributed by atoms with E-state index in [1.54, 1.807) is 12.1 Å². The summed E-state index contributed by atoms with van der Waals surface area (Å²) in [6, 6.07) is 9.40. The molecular weight excluding hydrogens is 292 g/mol. The van der Waals surface area contributed by atoms with Gasteiger partial charge in [0.1, 0.15) is 10.6 Å². The van der Waals surface area contributed by atoms with Gasteiger partial charge in [-0.15, -0.1) is 11.3 Å². The van der Waals surface area contributed by atoms with E-state index in [9.17, 15) is 9.59 Å². The van der Waals surface area contributed by atoms with Crippen LogP contribution < -0.4 is 10.1 Å². The third-order valence-electron chi connectivity index (χ3n) is 2.62. The number of carboxylic acid groups (broad SMARTS) is 1. The Morgan fingerprint density at radius 3 is 2.57 bits per heavy atom. The molecule has 2 aromatic rings. The number of hydrogen-bond acceptors (Lipinski definition) is 5. The van der Waals surface area contributed by atoms with Gasteiger partial charge in [-0.2, -0.15) is 5.26 Å². The Morgan fingerprint density at radius 1 is 1.29 bits per heavy atom. The van der Waals surface area contributed by atoms with Crippen LogP contribution in [0.1, 0.15) is 24.9 Å². The Morgan fingerprint density at radius 2 is 2.00 bits per heavy atom. The van der Waals surface area contributed by atoms with Gasteiger partial charge in [0.25, 0.3) is 5.91 Å². The van der Waals surface area contributed by atoms with E-state index in [-0.39, 0.29) is 9.75 Å². The van der Waals surface area contributed by atoms with Crippen LogP contribution in [0.2, 0.25) is 0 Å². The second kappa shape index (κ2) is 6.07. The van der Waals surface area contributed by atoms with Gasteiger partial charge in [0.05, 0.1) is 29.3 Å². The predicted octanol–water partition coefficient (Wildman–Crippen LogP) is 2.58. The third kappa shape index (κ3) is 3.19. The zero-order chi connectivity index (χ0) is 15.4. The van der Waals surface area contributed by atoms with E-state index in [2.05, 4.69) is 5.32 Å². The summed E-state index contributed by atoms with van der Waals surface area (Å²) in [6.45, 7) is 0. The van der Waals surface area contributed by atoms with E-state index < -0.39 is 11.9 Å². The van der Waals surface area contributed by atoms with Crippen molar-refractivity contribution in [1.29, 1.82) is 5.26 Å². The molecule has 0 saturated carbocycles. The topological polar surface area (TPSA) is 99.4 Å². The van der Waals surface area contributed by atoms with Crippen molar-refractivity contribution in [3.63, 3.8) is 0 Å². The summed E-state index contributed by atoms with van der Waals surface area (Å²) in [5, 5.41) is 20.3. The molecule has 0 aliphatic carbocycles. The van der Waals surface area contributed by atoms with Gasteiger partial charge in [0.2, 0.25) is 0 Å². The number of nitrogens with zero attached hydrogens (tertiary/aromatic N) is 1. The molecule has 0 saturated heterocycles. The van der Waals surface area contributed by atoms with E-state index in [0.717, 1.165) is 11.3 Å². The number of thiophene rings is 1. The van der Waals surface area contributed by atoms with Gasteiger partial charge in [-0.1, -0.05) is 0 Å². The zero-order valence-electron chi connectivity index (χ0n) is 10.9. The third-order valence-corrected chi connectivity index (χ3v) is 3.69. The quantitative estimate of drug-likeness (QED) is 0.904. The van der Waals surface area contributed by atoms with Crippen LogP contribution >= 0.6 is 11.3 Å². The van der Waals surface area contributed by atoms with E-state index in [1.807, 2.05) is 6.07 Å². The fourth-order valence-corrected chi connectivity index (χ4v) is 2.36. The lowest BCUT2D eigenvalue weighted by molar-refractivity contribution is 0.0702. The predicted molar refractivity (Wildman–Crippen MR) is 76.9 cm³/mol. The second-order valence-electron chi connectivity index (χ2n) is 3.95. The maximum Gasteiger partial charge on any atom is 0.345 e. The maximum atomic E-state index is 12.1. The SMILES string of the molecule is COc1cc(C#N)ccc1NC(=O)c1ccc(C(=O)O)s1. The van der Waals surface area contributed by atoms with Crippen molar-refractivity contribution in [2.75, 3.05) is 12.4 Å². The molecule has 21 heavy (non-hydrogen) atoms. The highest BCUT2D eigenvalue weighted by atomic mass is 32.1. The van der Waals surface area contributed by atoms with Crippen LogP contribution in [0.5, 0.6) is 5.75 Å². The van der Waals surface area contributed by atoms with Gasteiger partial charge in [-0.25, -0.2) is 4.79 Å². The van der Waals surface area contributed by atoms with Gasteiger partial charge in [-0.05, 0) is 24.3 Å². The standard InChI is InChI=1S/C14H10N2O4S/c1-20-10-6-8(7-15)2-3-9(10)16-13(17)11-4-5-12(21-11)14(18)19/h2-6H,1H3,(H,16,17)(H,18,19). The summed E-state index contributed by atoms with van der Waals surface area (Å²) in [5.74, 6) is -1.15. The molecule has 1 heterocycles. The average Bonchev–Trinajstić information content (AvgIpc) is 2.97. The Hall–Kier alpha value is -2.85. The number of carbonyl (C=O) groups is 2. The molecule has 6 nitrogen and oxygen atoms in total. The summed E-state index contributed by atoms with van der Waals surface area (Å²) < 4.78 is 5.11. The van der Waals surface area contributed by atoms with Gasteiger partial charge in [0.15, 0.2) is 0 Å². The van der Waals surface area contributed by atoms with Crippen LogP contribution in [0.3, 0.4) is 0 Å². The summed E-state index contributed by atoms with van der Waals surface area (Å²) >= 11 is 0.885. The Bertz CT molecular complexity index is 746. The molecule has 0 unspecified atom stereocenters. The van der Waals surface area contributed by atoms with Crippen molar-refractivity contribution in [2.24, 2.45) is 0 Å². The molecule has 1 amide bonds. The van der Waals surface area contributed by atoms with Crippen molar-refractivity contribution in [1.82, 2.24) is 0 Å². The van der Waals surface area contributed by atoms with Crippen LogP contribution in [-0.2, 0) is 0 Å². The molecule has 0 bridgehead atoms. The Labute approximate surface area is 124 Å². The number of methoxy groups -OCH3 is 1. The highest BCUT2D eigenvalue weighted by Crippen LogP contribution is 2.26. The molecule has 0 aliphatic heterocycles. The van der Waals surface area contributed by atoms with Crippen LogP contribution in [0.25, 0.3) is 0 Å². The molecule has 1 aromatic carbocycles. The average molecular weight is 302 g/mol. The number of anilines is 1. The van der Waals surface area contributed by atoms with Crippen molar-refractivity contribution >= 4 is 28.9 Å². The first-order valence-electron chi connectivity index (χ1n) is 5.77. The van der Waals surface area contributed by atoms with Gasteiger partial charge < -0.3 is 15.2 Å². The van der Waals surface area contributed by atoms with Crippen molar-refractivity contribution < 1.29 is 19.4 Å². The number of carbonyl (C=O) groups excluding carboxylic acids is 1. The number of nitriles is 1.